The quantitative estimate of drug-likeness (QED) is 0.612. The highest BCUT2D eigenvalue weighted by atomic mass is 35.5. The van der Waals surface area contributed by atoms with E-state index < -0.39 is 0 Å². The van der Waals surface area contributed by atoms with E-state index in [1.807, 2.05) is 24.3 Å². The highest BCUT2D eigenvalue weighted by Gasteiger charge is 2.29. The molecular weight excluding hydrogens is 408 g/mol. The molecule has 158 valence electrons. The van der Waals surface area contributed by atoms with Crippen LogP contribution in [0, 0.1) is 0 Å². The smallest absolute Gasteiger partial charge is 0.225 e. The molecule has 3 aromatic rings. The lowest BCUT2D eigenvalue weighted by Gasteiger charge is -2.35. The van der Waals surface area contributed by atoms with Crippen molar-refractivity contribution < 1.29 is 4.79 Å². The molecule has 0 unspecified atom stereocenters. The van der Waals surface area contributed by atoms with Crippen molar-refractivity contribution in [2.45, 2.75) is 25.3 Å². The minimum absolute atomic E-state index is 0.115. The van der Waals surface area contributed by atoms with Gasteiger partial charge in [0, 0.05) is 50.4 Å². The van der Waals surface area contributed by atoms with E-state index in [0.29, 0.717) is 17.0 Å². The lowest BCUT2D eigenvalue weighted by Crippen LogP contribution is -2.46. The Labute approximate surface area is 187 Å². The lowest BCUT2D eigenvalue weighted by atomic mass is 9.82. The van der Waals surface area contributed by atoms with Crippen LogP contribution in [0.3, 0.4) is 0 Å². The van der Waals surface area contributed by atoms with Crippen LogP contribution in [0.2, 0.25) is 5.02 Å². The number of anilines is 1. The predicted octanol–water partition coefficient (Wildman–Crippen LogP) is 4.36. The molecule has 0 amide bonds. The van der Waals surface area contributed by atoms with Crippen molar-refractivity contribution in [1.29, 1.82) is 0 Å². The first-order valence-corrected chi connectivity index (χ1v) is 11.2. The van der Waals surface area contributed by atoms with Gasteiger partial charge in [0.05, 0.1) is 11.3 Å². The van der Waals surface area contributed by atoms with E-state index >= 15 is 0 Å². The maximum atomic E-state index is 12.7. The Morgan fingerprint density at radius 3 is 2.55 bits per heavy atom. The van der Waals surface area contributed by atoms with Crippen LogP contribution in [0.4, 0.5) is 5.95 Å². The molecule has 1 atom stereocenters. The largest absolute Gasteiger partial charge is 0.338 e. The molecule has 1 fully saturated rings. The Morgan fingerprint density at radius 2 is 1.77 bits per heavy atom. The van der Waals surface area contributed by atoms with Gasteiger partial charge in [-0.15, -0.1) is 0 Å². The number of ketones is 1. The third-order valence-corrected chi connectivity index (χ3v) is 6.49. The number of Topliss-reactive ketones (excluding diaryl/α,β-unsaturated/α-hetero) is 1. The molecule has 1 aliphatic heterocycles. The van der Waals surface area contributed by atoms with Crippen molar-refractivity contribution in [3.05, 3.63) is 88.2 Å². The molecule has 0 N–H and O–H groups in total. The van der Waals surface area contributed by atoms with E-state index in [-0.39, 0.29) is 11.7 Å². The SMILES string of the molecule is O=C1C[C@H](c2cccc(Cl)c2)Cc2nc(N3CCN(Cc4ccccc4)CC3)ncc21. The minimum Gasteiger partial charge on any atom is -0.338 e. The molecule has 2 aromatic carbocycles. The number of fused-ring (bicyclic) bond motifs is 1. The van der Waals surface area contributed by atoms with Gasteiger partial charge < -0.3 is 4.90 Å². The van der Waals surface area contributed by atoms with Gasteiger partial charge in [-0.05, 0) is 35.6 Å². The Morgan fingerprint density at radius 1 is 0.968 bits per heavy atom. The van der Waals surface area contributed by atoms with Crippen LogP contribution in [-0.4, -0.2) is 46.8 Å². The molecule has 0 spiro atoms. The number of carbonyl (C=O) groups excluding carboxylic acids is 1. The highest BCUT2D eigenvalue weighted by molar-refractivity contribution is 6.30. The number of rotatable bonds is 4. The van der Waals surface area contributed by atoms with Gasteiger partial charge in [0.1, 0.15) is 0 Å². The van der Waals surface area contributed by atoms with Gasteiger partial charge >= 0.3 is 0 Å². The molecule has 0 saturated carbocycles. The minimum atomic E-state index is 0.115. The molecule has 2 aliphatic rings. The van der Waals surface area contributed by atoms with E-state index in [1.54, 1.807) is 6.20 Å². The zero-order chi connectivity index (χ0) is 21.2. The summed E-state index contributed by atoms with van der Waals surface area (Å²) in [5.41, 5.74) is 3.97. The maximum absolute atomic E-state index is 12.7. The second-order valence-electron chi connectivity index (χ2n) is 8.36. The van der Waals surface area contributed by atoms with E-state index in [2.05, 4.69) is 45.1 Å². The summed E-state index contributed by atoms with van der Waals surface area (Å²) in [5.74, 6) is 0.965. The summed E-state index contributed by atoms with van der Waals surface area (Å²) < 4.78 is 0. The third kappa shape index (κ3) is 4.48. The molecule has 5 rings (SSSR count). The van der Waals surface area contributed by atoms with Crippen LogP contribution in [0.25, 0.3) is 0 Å². The zero-order valence-electron chi connectivity index (χ0n) is 17.4. The Kier molecular flexibility index (Phi) is 5.70. The molecule has 5 nitrogen and oxygen atoms in total. The van der Waals surface area contributed by atoms with Crippen LogP contribution in [-0.2, 0) is 13.0 Å². The van der Waals surface area contributed by atoms with Crippen molar-refractivity contribution in [1.82, 2.24) is 14.9 Å². The number of nitrogens with zero attached hydrogens (tertiary/aromatic N) is 4. The van der Waals surface area contributed by atoms with Gasteiger partial charge in [-0.25, -0.2) is 9.97 Å². The zero-order valence-corrected chi connectivity index (χ0v) is 18.1. The van der Waals surface area contributed by atoms with Crippen molar-refractivity contribution >= 4 is 23.3 Å². The maximum Gasteiger partial charge on any atom is 0.225 e. The molecule has 0 bridgehead atoms. The number of benzene rings is 2. The van der Waals surface area contributed by atoms with Gasteiger partial charge in [-0.1, -0.05) is 54.1 Å². The molecule has 1 saturated heterocycles. The standard InChI is InChI=1S/C25H25ClN4O/c26-21-8-4-7-19(13-21)20-14-23-22(24(31)15-20)16-27-25(28-23)30-11-9-29(10-12-30)17-18-5-2-1-3-6-18/h1-8,13,16,20H,9-12,14-15,17H2/t20-/m1/s1. The second-order valence-corrected chi connectivity index (χ2v) is 8.80. The fraction of sp³-hybridized carbons (Fsp3) is 0.320. The molecule has 2 heterocycles. The normalized spacial score (nSPS) is 19.3. The lowest BCUT2D eigenvalue weighted by molar-refractivity contribution is 0.0962. The third-order valence-electron chi connectivity index (χ3n) is 6.25. The first-order valence-electron chi connectivity index (χ1n) is 10.8. The summed E-state index contributed by atoms with van der Waals surface area (Å²) in [7, 11) is 0. The van der Waals surface area contributed by atoms with Crippen LogP contribution < -0.4 is 4.90 Å². The Hall–Kier alpha value is -2.76. The molecule has 0 radical (unpaired) electrons. The Bertz CT molecular complexity index is 1080. The fourth-order valence-electron chi connectivity index (χ4n) is 4.53. The van der Waals surface area contributed by atoms with Crippen LogP contribution in [0.5, 0.6) is 0 Å². The van der Waals surface area contributed by atoms with Gasteiger partial charge in [0.15, 0.2) is 5.78 Å². The molecule has 1 aromatic heterocycles. The fourth-order valence-corrected chi connectivity index (χ4v) is 4.73. The van der Waals surface area contributed by atoms with Crippen molar-refractivity contribution in [2.24, 2.45) is 0 Å². The molecule has 1 aliphatic carbocycles. The van der Waals surface area contributed by atoms with Crippen LogP contribution in [0.1, 0.15) is 39.5 Å². The molecular formula is C25H25ClN4O. The average Bonchev–Trinajstić information content (AvgIpc) is 2.80. The number of hydrogen-bond acceptors (Lipinski definition) is 5. The molecule has 6 heteroatoms. The van der Waals surface area contributed by atoms with E-state index in [9.17, 15) is 4.79 Å². The van der Waals surface area contributed by atoms with E-state index in [1.165, 1.54) is 5.56 Å². The highest BCUT2D eigenvalue weighted by Crippen LogP contribution is 2.33. The number of hydrogen-bond donors (Lipinski definition) is 0. The van der Waals surface area contributed by atoms with E-state index in [4.69, 9.17) is 16.6 Å². The van der Waals surface area contributed by atoms with Crippen molar-refractivity contribution in [3.8, 4) is 0 Å². The number of aromatic nitrogens is 2. The summed E-state index contributed by atoms with van der Waals surface area (Å²) in [4.78, 5) is 26.8. The monoisotopic (exact) mass is 432 g/mol. The average molecular weight is 433 g/mol. The summed E-state index contributed by atoms with van der Waals surface area (Å²) in [6.45, 7) is 4.68. The number of halogens is 1. The summed E-state index contributed by atoms with van der Waals surface area (Å²) in [5, 5.41) is 0.701. The summed E-state index contributed by atoms with van der Waals surface area (Å²) in [6, 6.07) is 18.4. The summed E-state index contributed by atoms with van der Waals surface area (Å²) in [6.07, 6.45) is 2.95. The first-order chi connectivity index (χ1) is 15.2. The first kappa shape index (κ1) is 20.2. The Balaban J connectivity index is 1.28. The van der Waals surface area contributed by atoms with Crippen LogP contribution >= 0.6 is 11.6 Å². The number of carbonyl (C=O) groups is 1. The van der Waals surface area contributed by atoms with Gasteiger partial charge in [-0.2, -0.15) is 0 Å². The van der Waals surface area contributed by atoms with Crippen molar-refractivity contribution in [3.63, 3.8) is 0 Å². The second kappa shape index (κ2) is 8.77. The van der Waals surface area contributed by atoms with Crippen LogP contribution in [0.15, 0.2) is 60.8 Å². The van der Waals surface area contributed by atoms with Gasteiger partial charge in [0.25, 0.3) is 0 Å². The predicted molar refractivity (Wildman–Crippen MR) is 123 cm³/mol. The van der Waals surface area contributed by atoms with Gasteiger partial charge in [-0.3, -0.25) is 9.69 Å². The topological polar surface area (TPSA) is 49.3 Å². The van der Waals surface area contributed by atoms with E-state index in [0.717, 1.165) is 56.4 Å². The van der Waals surface area contributed by atoms with Gasteiger partial charge in [0.2, 0.25) is 5.95 Å². The van der Waals surface area contributed by atoms with Crippen molar-refractivity contribution in [2.75, 3.05) is 31.1 Å². The molecule has 31 heavy (non-hydrogen) atoms. The number of piperazine rings is 1. The summed E-state index contributed by atoms with van der Waals surface area (Å²) >= 11 is 6.17.